The number of thioether (sulfide) groups is 1. The average molecular weight is 216 g/mol. The molecule has 0 bridgehead atoms. The van der Waals surface area contributed by atoms with E-state index in [1.54, 1.807) is 0 Å². The molecule has 2 aliphatic rings. The van der Waals surface area contributed by atoms with Gasteiger partial charge in [0.2, 0.25) is 0 Å². The molecule has 80 valence electrons. The van der Waals surface area contributed by atoms with E-state index in [2.05, 4.69) is 0 Å². The lowest BCUT2D eigenvalue weighted by atomic mass is 10.2. The first-order valence-corrected chi connectivity index (χ1v) is 6.14. The van der Waals surface area contributed by atoms with E-state index < -0.39 is 0 Å². The minimum atomic E-state index is -0.181. The largest absolute Gasteiger partial charge is 0.447 e. The maximum Gasteiger partial charge on any atom is 0.411 e. The highest BCUT2D eigenvalue weighted by molar-refractivity contribution is 7.99. The van der Waals surface area contributed by atoms with Crippen molar-refractivity contribution in [1.82, 2.24) is 4.90 Å². The number of cyclic esters (lactones) is 1. The lowest BCUT2D eigenvalue weighted by Gasteiger charge is -2.32. The highest BCUT2D eigenvalue weighted by Crippen LogP contribution is 2.31. The van der Waals surface area contributed by atoms with Crippen molar-refractivity contribution in [3.05, 3.63) is 0 Å². The summed E-state index contributed by atoms with van der Waals surface area (Å²) >= 11 is 1.85. The lowest BCUT2D eigenvalue weighted by Crippen LogP contribution is -2.45. The summed E-state index contributed by atoms with van der Waals surface area (Å²) in [5.41, 5.74) is 5.61. The minimum absolute atomic E-state index is 0.0955. The average Bonchev–Trinajstić information content (AvgIpc) is 2.61. The Morgan fingerprint density at radius 3 is 3.07 bits per heavy atom. The summed E-state index contributed by atoms with van der Waals surface area (Å²) in [6.45, 7) is 0.967. The molecule has 0 aromatic rings. The van der Waals surface area contributed by atoms with Crippen molar-refractivity contribution in [3.8, 4) is 0 Å². The molecule has 0 aromatic heterocycles. The fourth-order valence-corrected chi connectivity index (χ4v) is 3.34. The fourth-order valence-electron chi connectivity index (χ4n) is 1.95. The predicted octanol–water partition coefficient (Wildman–Crippen LogP) is 1.01. The standard InChI is InChI=1S/C9H16N2O2S/c10-5-7-6-13-9(12)11(7)8-3-1-2-4-14-8/h7-8H,1-6,10H2. The van der Waals surface area contributed by atoms with Crippen LogP contribution in [0.5, 0.6) is 0 Å². The van der Waals surface area contributed by atoms with Crippen LogP contribution in [-0.4, -0.2) is 41.3 Å². The van der Waals surface area contributed by atoms with Crippen molar-refractivity contribution in [2.24, 2.45) is 5.73 Å². The second kappa shape index (κ2) is 4.40. The molecule has 0 radical (unpaired) electrons. The van der Waals surface area contributed by atoms with Gasteiger partial charge in [-0.25, -0.2) is 4.79 Å². The molecule has 0 spiro atoms. The normalized spacial score (nSPS) is 33.2. The van der Waals surface area contributed by atoms with E-state index in [0.717, 1.165) is 12.2 Å². The zero-order chi connectivity index (χ0) is 9.97. The number of hydrogen-bond acceptors (Lipinski definition) is 4. The van der Waals surface area contributed by atoms with Crippen molar-refractivity contribution >= 4 is 17.9 Å². The van der Waals surface area contributed by atoms with Gasteiger partial charge in [-0.1, -0.05) is 0 Å². The molecule has 4 nitrogen and oxygen atoms in total. The van der Waals surface area contributed by atoms with Gasteiger partial charge in [0.15, 0.2) is 0 Å². The highest BCUT2D eigenvalue weighted by Gasteiger charge is 2.37. The Hall–Kier alpha value is -0.420. The number of nitrogens with zero attached hydrogens (tertiary/aromatic N) is 1. The van der Waals surface area contributed by atoms with Gasteiger partial charge in [0, 0.05) is 6.54 Å². The summed E-state index contributed by atoms with van der Waals surface area (Å²) in [4.78, 5) is 13.3. The molecule has 2 N–H and O–H groups in total. The van der Waals surface area contributed by atoms with Crippen molar-refractivity contribution < 1.29 is 9.53 Å². The molecule has 2 aliphatic heterocycles. The van der Waals surface area contributed by atoms with E-state index in [9.17, 15) is 4.79 Å². The zero-order valence-electron chi connectivity index (χ0n) is 8.15. The quantitative estimate of drug-likeness (QED) is 0.748. The predicted molar refractivity (Wildman–Crippen MR) is 56.1 cm³/mol. The van der Waals surface area contributed by atoms with E-state index in [0.29, 0.717) is 18.5 Å². The van der Waals surface area contributed by atoms with Gasteiger partial charge >= 0.3 is 6.09 Å². The summed E-state index contributed by atoms with van der Waals surface area (Å²) in [5.74, 6) is 1.14. The van der Waals surface area contributed by atoms with Gasteiger partial charge in [-0.2, -0.15) is 0 Å². The van der Waals surface area contributed by atoms with Crippen molar-refractivity contribution in [1.29, 1.82) is 0 Å². The number of carbonyl (C=O) groups is 1. The molecule has 14 heavy (non-hydrogen) atoms. The SMILES string of the molecule is NCC1COC(=O)N1C1CCCCS1. The lowest BCUT2D eigenvalue weighted by molar-refractivity contribution is 0.153. The number of carbonyl (C=O) groups excluding carboxylic acids is 1. The Kier molecular flexibility index (Phi) is 3.18. The van der Waals surface area contributed by atoms with Crippen LogP contribution in [0.15, 0.2) is 0 Å². The molecule has 2 fully saturated rings. The minimum Gasteiger partial charge on any atom is -0.447 e. The summed E-state index contributed by atoms with van der Waals surface area (Å²) in [6.07, 6.45) is 3.37. The van der Waals surface area contributed by atoms with Gasteiger partial charge < -0.3 is 10.5 Å². The summed E-state index contributed by atoms with van der Waals surface area (Å²) in [5, 5.41) is 0.298. The van der Waals surface area contributed by atoms with Crippen LogP contribution in [0.4, 0.5) is 4.79 Å². The molecule has 5 heteroatoms. The Bertz CT molecular complexity index is 219. The van der Waals surface area contributed by atoms with Crippen LogP contribution >= 0.6 is 11.8 Å². The first kappa shape index (κ1) is 10.1. The summed E-state index contributed by atoms with van der Waals surface area (Å²) in [7, 11) is 0. The van der Waals surface area contributed by atoms with Gasteiger partial charge in [0.05, 0.1) is 11.4 Å². The van der Waals surface area contributed by atoms with Gasteiger partial charge in [-0.05, 0) is 25.0 Å². The van der Waals surface area contributed by atoms with Crippen molar-refractivity contribution in [2.45, 2.75) is 30.7 Å². The van der Waals surface area contributed by atoms with Crippen molar-refractivity contribution in [2.75, 3.05) is 18.9 Å². The fraction of sp³-hybridized carbons (Fsp3) is 0.889. The summed E-state index contributed by atoms with van der Waals surface area (Å²) in [6, 6.07) is 0.0955. The monoisotopic (exact) mass is 216 g/mol. The maximum absolute atomic E-state index is 11.5. The smallest absolute Gasteiger partial charge is 0.411 e. The van der Waals surface area contributed by atoms with Crippen molar-refractivity contribution in [3.63, 3.8) is 0 Å². The molecule has 0 aromatic carbocycles. The number of ether oxygens (including phenoxy) is 1. The van der Waals surface area contributed by atoms with Crippen LogP contribution in [0.1, 0.15) is 19.3 Å². The summed E-state index contributed by atoms with van der Waals surface area (Å²) < 4.78 is 5.02. The Morgan fingerprint density at radius 1 is 1.57 bits per heavy atom. The first-order valence-electron chi connectivity index (χ1n) is 5.09. The third-order valence-corrected chi connectivity index (χ3v) is 4.11. The van der Waals surface area contributed by atoms with E-state index in [4.69, 9.17) is 10.5 Å². The number of hydrogen-bond donors (Lipinski definition) is 1. The molecule has 0 saturated carbocycles. The van der Waals surface area contributed by atoms with Crippen LogP contribution < -0.4 is 5.73 Å². The second-order valence-electron chi connectivity index (χ2n) is 3.69. The Labute approximate surface area is 88.1 Å². The molecule has 0 aliphatic carbocycles. The highest BCUT2D eigenvalue weighted by atomic mass is 32.2. The Balaban J connectivity index is 2.01. The molecule has 2 heterocycles. The van der Waals surface area contributed by atoms with Crippen LogP contribution in [0.3, 0.4) is 0 Å². The van der Waals surface area contributed by atoms with E-state index in [1.807, 2.05) is 16.7 Å². The third-order valence-electron chi connectivity index (χ3n) is 2.74. The molecular weight excluding hydrogens is 200 g/mol. The van der Waals surface area contributed by atoms with Gasteiger partial charge in [-0.3, -0.25) is 4.90 Å². The second-order valence-corrected chi connectivity index (χ2v) is 4.98. The topological polar surface area (TPSA) is 55.6 Å². The zero-order valence-corrected chi connectivity index (χ0v) is 8.96. The maximum atomic E-state index is 11.5. The van der Waals surface area contributed by atoms with Crippen LogP contribution in [-0.2, 0) is 4.74 Å². The van der Waals surface area contributed by atoms with Crippen LogP contribution in [0.2, 0.25) is 0 Å². The van der Waals surface area contributed by atoms with Crippen LogP contribution in [0, 0.1) is 0 Å². The van der Waals surface area contributed by atoms with Gasteiger partial charge in [-0.15, -0.1) is 11.8 Å². The molecule has 2 rings (SSSR count). The number of amides is 1. The van der Waals surface area contributed by atoms with E-state index in [-0.39, 0.29) is 12.1 Å². The van der Waals surface area contributed by atoms with Gasteiger partial charge in [0.1, 0.15) is 6.61 Å². The molecular formula is C9H16N2O2S. The molecule has 2 atom stereocenters. The Morgan fingerprint density at radius 2 is 2.43 bits per heavy atom. The molecule has 1 amide bonds. The molecule has 2 saturated heterocycles. The number of rotatable bonds is 2. The number of nitrogens with two attached hydrogens (primary N) is 1. The van der Waals surface area contributed by atoms with E-state index >= 15 is 0 Å². The molecule has 2 unspecified atom stereocenters. The third kappa shape index (κ3) is 1.83. The van der Waals surface area contributed by atoms with Crippen LogP contribution in [0.25, 0.3) is 0 Å². The first-order chi connectivity index (χ1) is 6.83. The van der Waals surface area contributed by atoms with E-state index in [1.165, 1.54) is 12.8 Å². The van der Waals surface area contributed by atoms with Gasteiger partial charge in [0.25, 0.3) is 0 Å².